The van der Waals surface area contributed by atoms with Gasteiger partial charge in [-0.3, -0.25) is 4.90 Å². The van der Waals surface area contributed by atoms with Crippen LogP contribution in [0.3, 0.4) is 0 Å². The average molecular weight is 285 g/mol. The van der Waals surface area contributed by atoms with Gasteiger partial charge in [0.2, 0.25) is 0 Å². The van der Waals surface area contributed by atoms with E-state index in [1.165, 1.54) is 12.8 Å². The van der Waals surface area contributed by atoms with Gasteiger partial charge in [0.25, 0.3) is 0 Å². The molecule has 1 aromatic heterocycles. The molecule has 112 valence electrons. The molecule has 2 atom stereocenters. The Kier molecular flexibility index (Phi) is 4.36. The zero-order chi connectivity index (χ0) is 14.7. The van der Waals surface area contributed by atoms with Crippen LogP contribution in [0, 0.1) is 5.92 Å². The fraction of sp³-hybridized carbons (Fsp3) is 0.471. The van der Waals surface area contributed by atoms with Crippen LogP contribution >= 0.6 is 0 Å². The lowest BCUT2D eigenvalue weighted by molar-refractivity contribution is 0.110. The van der Waals surface area contributed by atoms with Crippen molar-refractivity contribution in [3.05, 3.63) is 42.1 Å². The molecule has 2 heterocycles. The molecule has 2 aromatic rings. The molecule has 3 rings (SSSR count). The van der Waals surface area contributed by atoms with Crippen LogP contribution in [0.25, 0.3) is 11.3 Å². The lowest BCUT2D eigenvalue weighted by atomic mass is 9.93. The molecule has 4 heteroatoms. The van der Waals surface area contributed by atoms with Crippen LogP contribution in [0.5, 0.6) is 0 Å². The van der Waals surface area contributed by atoms with Gasteiger partial charge in [-0.25, -0.2) is 0 Å². The van der Waals surface area contributed by atoms with E-state index in [0.29, 0.717) is 12.0 Å². The lowest BCUT2D eigenvalue weighted by Gasteiger charge is -2.37. The Balaban J connectivity index is 1.69. The molecule has 0 aliphatic carbocycles. The smallest absolute Gasteiger partial charge is 0.167 e. The third-order valence-electron chi connectivity index (χ3n) is 4.42. The number of hydrogen-bond donors (Lipinski definition) is 1. The van der Waals surface area contributed by atoms with E-state index in [9.17, 15) is 0 Å². The number of likely N-dealkylation sites (tertiary alicyclic amines) is 1. The number of hydrogen-bond acceptors (Lipinski definition) is 4. The second-order valence-corrected chi connectivity index (χ2v) is 6.01. The van der Waals surface area contributed by atoms with Crippen LogP contribution in [0.4, 0.5) is 0 Å². The highest BCUT2D eigenvalue weighted by Gasteiger charge is 2.25. The highest BCUT2D eigenvalue weighted by molar-refractivity contribution is 5.56. The first-order chi connectivity index (χ1) is 10.3. The molecule has 0 bridgehead atoms. The maximum absolute atomic E-state index is 5.82. The van der Waals surface area contributed by atoms with Crippen LogP contribution in [-0.4, -0.2) is 29.2 Å². The van der Waals surface area contributed by atoms with Gasteiger partial charge in [0.05, 0.1) is 5.69 Å². The Morgan fingerprint density at radius 1 is 1.29 bits per heavy atom. The van der Waals surface area contributed by atoms with Crippen molar-refractivity contribution in [3.8, 4) is 11.3 Å². The molecule has 0 radical (unpaired) electrons. The van der Waals surface area contributed by atoms with E-state index in [1.54, 1.807) is 0 Å². The normalized spacial score (nSPS) is 23.3. The monoisotopic (exact) mass is 285 g/mol. The van der Waals surface area contributed by atoms with E-state index in [1.807, 2.05) is 36.4 Å². The summed E-state index contributed by atoms with van der Waals surface area (Å²) in [6.07, 6.45) is 2.45. The first-order valence-electron chi connectivity index (χ1n) is 7.71. The van der Waals surface area contributed by atoms with Crippen molar-refractivity contribution in [2.75, 3.05) is 13.1 Å². The molecule has 21 heavy (non-hydrogen) atoms. The average Bonchev–Trinajstić information content (AvgIpc) is 2.99. The minimum atomic E-state index is 0.588. The predicted octanol–water partition coefficient (Wildman–Crippen LogP) is 2.90. The molecular formula is C17H23N3O. The van der Waals surface area contributed by atoms with Crippen LogP contribution in [-0.2, 0) is 6.54 Å². The first-order valence-corrected chi connectivity index (χ1v) is 7.71. The lowest BCUT2D eigenvalue weighted by Crippen LogP contribution is -2.43. The number of piperidine rings is 1. The van der Waals surface area contributed by atoms with Crippen LogP contribution < -0.4 is 5.73 Å². The summed E-state index contributed by atoms with van der Waals surface area (Å²) in [6.45, 7) is 4.96. The van der Waals surface area contributed by atoms with Crippen LogP contribution in [0.1, 0.15) is 25.5 Å². The summed E-state index contributed by atoms with van der Waals surface area (Å²) < 4.78 is 5.48. The number of rotatable bonds is 4. The summed E-state index contributed by atoms with van der Waals surface area (Å²) in [4.78, 5) is 2.47. The van der Waals surface area contributed by atoms with Crippen LogP contribution in [0.2, 0.25) is 0 Å². The SMILES string of the molecule is CC1CCC(CN)CN1Cc1cc(-c2ccccc2)on1. The van der Waals surface area contributed by atoms with E-state index in [-0.39, 0.29) is 0 Å². The quantitative estimate of drug-likeness (QED) is 0.938. The highest BCUT2D eigenvalue weighted by Crippen LogP contribution is 2.25. The van der Waals surface area contributed by atoms with Gasteiger partial charge in [-0.1, -0.05) is 35.5 Å². The topological polar surface area (TPSA) is 55.3 Å². The van der Waals surface area contributed by atoms with E-state index >= 15 is 0 Å². The fourth-order valence-corrected chi connectivity index (χ4v) is 3.01. The van der Waals surface area contributed by atoms with Crippen molar-refractivity contribution in [1.29, 1.82) is 0 Å². The van der Waals surface area contributed by atoms with E-state index < -0.39 is 0 Å². The Bertz CT molecular complexity index is 566. The van der Waals surface area contributed by atoms with Gasteiger partial charge in [-0.15, -0.1) is 0 Å². The minimum Gasteiger partial charge on any atom is -0.356 e. The van der Waals surface area contributed by atoms with Gasteiger partial charge in [0, 0.05) is 30.8 Å². The Morgan fingerprint density at radius 2 is 2.10 bits per heavy atom. The van der Waals surface area contributed by atoms with Crippen molar-refractivity contribution >= 4 is 0 Å². The Hall–Kier alpha value is -1.65. The molecule has 2 unspecified atom stereocenters. The zero-order valence-corrected chi connectivity index (χ0v) is 12.5. The van der Waals surface area contributed by atoms with Crippen molar-refractivity contribution < 1.29 is 4.52 Å². The standard InChI is InChI=1S/C17H23N3O/c1-13-7-8-14(10-18)11-20(13)12-16-9-17(21-19-16)15-5-3-2-4-6-15/h2-6,9,13-14H,7-8,10-12,18H2,1H3. The van der Waals surface area contributed by atoms with Gasteiger partial charge >= 0.3 is 0 Å². The van der Waals surface area contributed by atoms with Crippen LogP contribution in [0.15, 0.2) is 40.9 Å². The van der Waals surface area contributed by atoms with Crippen molar-refractivity contribution in [2.45, 2.75) is 32.4 Å². The van der Waals surface area contributed by atoms with E-state index in [4.69, 9.17) is 10.3 Å². The second-order valence-electron chi connectivity index (χ2n) is 6.01. The summed E-state index contributed by atoms with van der Waals surface area (Å²) in [5, 5.41) is 4.22. The first kappa shape index (κ1) is 14.3. The molecule has 1 fully saturated rings. The summed E-state index contributed by atoms with van der Waals surface area (Å²) in [5.74, 6) is 1.45. The summed E-state index contributed by atoms with van der Waals surface area (Å²) in [6, 6.07) is 12.7. The van der Waals surface area contributed by atoms with Crippen molar-refractivity contribution in [1.82, 2.24) is 10.1 Å². The number of benzene rings is 1. The predicted molar refractivity (Wildman–Crippen MR) is 83.6 cm³/mol. The van der Waals surface area contributed by atoms with Gasteiger partial charge in [-0.2, -0.15) is 0 Å². The molecule has 1 aromatic carbocycles. The number of aromatic nitrogens is 1. The Morgan fingerprint density at radius 3 is 2.86 bits per heavy atom. The molecule has 2 N–H and O–H groups in total. The van der Waals surface area contributed by atoms with Gasteiger partial charge < -0.3 is 10.3 Å². The summed E-state index contributed by atoms with van der Waals surface area (Å²) >= 11 is 0. The number of nitrogens with two attached hydrogens (primary N) is 1. The molecule has 0 saturated carbocycles. The van der Waals surface area contributed by atoms with E-state index in [2.05, 4.69) is 17.0 Å². The molecule has 0 amide bonds. The second kappa shape index (κ2) is 6.41. The van der Waals surface area contributed by atoms with Gasteiger partial charge in [0.15, 0.2) is 5.76 Å². The molecule has 1 aliphatic rings. The molecular weight excluding hydrogens is 262 g/mol. The van der Waals surface area contributed by atoms with E-state index in [0.717, 1.165) is 36.7 Å². The Labute approximate surface area is 125 Å². The fourth-order valence-electron chi connectivity index (χ4n) is 3.01. The number of nitrogens with zero attached hydrogens (tertiary/aromatic N) is 2. The zero-order valence-electron chi connectivity index (χ0n) is 12.5. The molecule has 4 nitrogen and oxygen atoms in total. The third kappa shape index (κ3) is 3.34. The van der Waals surface area contributed by atoms with Gasteiger partial charge in [0.1, 0.15) is 0 Å². The maximum Gasteiger partial charge on any atom is 0.167 e. The maximum atomic E-state index is 5.82. The summed E-state index contributed by atoms with van der Waals surface area (Å²) in [5.41, 5.74) is 7.89. The molecule has 0 spiro atoms. The van der Waals surface area contributed by atoms with Gasteiger partial charge in [-0.05, 0) is 32.2 Å². The van der Waals surface area contributed by atoms with Crippen molar-refractivity contribution in [2.24, 2.45) is 11.7 Å². The molecule has 1 aliphatic heterocycles. The molecule has 1 saturated heterocycles. The third-order valence-corrected chi connectivity index (χ3v) is 4.42. The minimum absolute atomic E-state index is 0.588. The highest BCUT2D eigenvalue weighted by atomic mass is 16.5. The van der Waals surface area contributed by atoms with Crippen molar-refractivity contribution in [3.63, 3.8) is 0 Å². The largest absolute Gasteiger partial charge is 0.356 e. The summed E-state index contributed by atoms with van der Waals surface area (Å²) in [7, 11) is 0.